The van der Waals surface area contributed by atoms with Gasteiger partial charge in [-0.3, -0.25) is 4.79 Å². The van der Waals surface area contributed by atoms with Crippen LogP contribution in [0.25, 0.3) is 21.9 Å². The number of nitrogens with one attached hydrogen (secondary N) is 2. The summed E-state index contributed by atoms with van der Waals surface area (Å²) < 4.78 is 13.9. The molecular weight excluding hydrogens is 383 g/mol. The van der Waals surface area contributed by atoms with Gasteiger partial charge in [-0.05, 0) is 49.6 Å². The molecule has 6 rings (SSSR count). The average molecular weight is 404 g/mol. The molecule has 2 saturated heterocycles. The molecule has 2 atom stereocenters. The maximum atomic E-state index is 13.9. The lowest BCUT2D eigenvalue weighted by Crippen LogP contribution is -2.56. The number of nitrogens with zero attached hydrogens (tertiary/aromatic N) is 4. The van der Waals surface area contributed by atoms with E-state index < -0.39 is 0 Å². The molecule has 0 unspecified atom stereocenters. The van der Waals surface area contributed by atoms with Gasteiger partial charge in [-0.1, -0.05) is 0 Å². The van der Waals surface area contributed by atoms with Crippen LogP contribution < -0.4 is 4.90 Å². The third kappa shape index (κ3) is 2.52. The summed E-state index contributed by atoms with van der Waals surface area (Å²) in [5.41, 5.74) is 2.71. The molecule has 30 heavy (non-hydrogen) atoms. The number of hydrogen-bond donors (Lipinski definition) is 2. The summed E-state index contributed by atoms with van der Waals surface area (Å²) in [6.07, 6.45) is 5.40. The Kier molecular flexibility index (Phi) is 3.65. The predicted molar refractivity (Wildman–Crippen MR) is 112 cm³/mol. The summed E-state index contributed by atoms with van der Waals surface area (Å²) >= 11 is 0. The highest BCUT2D eigenvalue weighted by Gasteiger charge is 2.43. The molecule has 2 aliphatic heterocycles. The van der Waals surface area contributed by atoms with Gasteiger partial charge >= 0.3 is 0 Å². The molecule has 0 saturated carbocycles. The Balaban J connectivity index is 1.30. The van der Waals surface area contributed by atoms with Crippen LogP contribution in [0.3, 0.4) is 0 Å². The van der Waals surface area contributed by atoms with Gasteiger partial charge in [0.1, 0.15) is 29.3 Å². The number of aromatic nitrogens is 4. The number of fused-ring (bicyclic) bond motifs is 4. The van der Waals surface area contributed by atoms with Crippen LogP contribution in [0.15, 0.2) is 36.8 Å². The van der Waals surface area contributed by atoms with E-state index in [4.69, 9.17) is 0 Å². The van der Waals surface area contributed by atoms with Crippen molar-refractivity contribution in [1.82, 2.24) is 24.8 Å². The van der Waals surface area contributed by atoms with Gasteiger partial charge in [0.25, 0.3) is 5.91 Å². The highest BCUT2D eigenvalue weighted by molar-refractivity contribution is 5.99. The fourth-order valence-corrected chi connectivity index (χ4v) is 5.03. The zero-order valence-corrected chi connectivity index (χ0v) is 16.5. The Labute approximate surface area is 171 Å². The van der Waals surface area contributed by atoms with Crippen molar-refractivity contribution < 1.29 is 9.18 Å². The molecule has 1 amide bonds. The zero-order valence-electron chi connectivity index (χ0n) is 16.5. The molecule has 0 aliphatic carbocycles. The van der Waals surface area contributed by atoms with Gasteiger partial charge in [0, 0.05) is 30.2 Å². The SMILES string of the molecule is Cc1cc2[nH]c(C(=O)N3[C@@H]4CC[C@H]3CN(c3ncnc5[nH]ccc35)C4)cc2cc1F. The number of benzene rings is 1. The minimum absolute atomic E-state index is 0.00844. The number of rotatable bonds is 2. The zero-order chi connectivity index (χ0) is 20.4. The number of aromatic amines is 2. The molecule has 8 heteroatoms. The molecule has 2 fully saturated rings. The van der Waals surface area contributed by atoms with Gasteiger partial charge in [-0.25, -0.2) is 14.4 Å². The van der Waals surface area contributed by atoms with Crippen LogP contribution in [0.4, 0.5) is 10.2 Å². The fraction of sp³-hybridized carbons (Fsp3) is 0.318. The second-order valence-corrected chi connectivity index (χ2v) is 8.31. The second-order valence-electron chi connectivity index (χ2n) is 8.31. The van der Waals surface area contributed by atoms with E-state index in [1.807, 2.05) is 17.2 Å². The second kappa shape index (κ2) is 6.29. The molecule has 2 bridgehead atoms. The maximum absolute atomic E-state index is 13.9. The van der Waals surface area contributed by atoms with E-state index in [-0.39, 0.29) is 23.8 Å². The monoisotopic (exact) mass is 404 g/mol. The smallest absolute Gasteiger partial charge is 0.270 e. The molecule has 4 aromatic rings. The first-order valence-corrected chi connectivity index (χ1v) is 10.2. The van der Waals surface area contributed by atoms with Crippen molar-refractivity contribution in [2.75, 3.05) is 18.0 Å². The highest BCUT2D eigenvalue weighted by Crippen LogP contribution is 2.35. The Bertz CT molecular complexity index is 1240. The summed E-state index contributed by atoms with van der Waals surface area (Å²) in [6, 6.07) is 7.26. The third-order valence-electron chi connectivity index (χ3n) is 6.48. The third-order valence-corrected chi connectivity index (χ3v) is 6.48. The first-order valence-electron chi connectivity index (χ1n) is 10.2. The maximum Gasteiger partial charge on any atom is 0.270 e. The number of carbonyl (C=O) groups excluding carboxylic acids is 1. The van der Waals surface area contributed by atoms with Crippen LogP contribution in [0, 0.1) is 12.7 Å². The van der Waals surface area contributed by atoms with Crippen molar-refractivity contribution in [3.8, 4) is 0 Å². The number of anilines is 1. The van der Waals surface area contributed by atoms with Crippen molar-refractivity contribution in [1.29, 1.82) is 0 Å². The van der Waals surface area contributed by atoms with Gasteiger partial charge < -0.3 is 19.8 Å². The number of amides is 1. The quantitative estimate of drug-likeness (QED) is 0.537. The van der Waals surface area contributed by atoms with Crippen LogP contribution in [-0.2, 0) is 0 Å². The summed E-state index contributed by atoms with van der Waals surface area (Å²) in [4.78, 5) is 32.8. The summed E-state index contributed by atoms with van der Waals surface area (Å²) in [5.74, 6) is 0.655. The van der Waals surface area contributed by atoms with Gasteiger partial charge in [0.15, 0.2) is 0 Å². The van der Waals surface area contributed by atoms with E-state index in [0.29, 0.717) is 11.3 Å². The van der Waals surface area contributed by atoms with Crippen molar-refractivity contribution >= 4 is 33.7 Å². The molecule has 3 aromatic heterocycles. The Hall–Kier alpha value is -3.42. The van der Waals surface area contributed by atoms with Crippen molar-refractivity contribution in [3.05, 3.63) is 53.9 Å². The largest absolute Gasteiger partial charge is 0.352 e. The minimum Gasteiger partial charge on any atom is -0.352 e. The van der Waals surface area contributed by atoms with Crippen molar-refractivity contribution in [3.63, 3.8) is 0 Å². The minimum atomic E-state index is -0.255. The van der Waals surface area contributed by atoms with Gasteiger partial charge in [0.2, 0.25) is 0 Å². The molecule has 2 aliphatic rings. The normalized spacial score (nSPS) is 21.1. The lowest BCUT2D eigenvalue weighted by Gasteiger charge is -2.41. The predicted octanol–water partition coefficient (Wildman–Crippen LogP) is 3.38. The van der Waals surface area contributed by atoms with E-state index in [1.54, 1.807) is 25.4 Å². The van der Waals surface area contributed by atoms with Gasteiger partial charge in [-0.15, -0.1) is 0 Å². The first-order chi connectivity index (χ1) is 14.6. The van der Waals surface area contributed by atoms with E-state index in [2.05, 4.69) is 24.8 Å². The van der Waals surface area contributed by atoms with E-state index in [1.165, 1.54) is 6.07 Å². The average Bonchev–Trinajstić information content (AvgIpc) is 3.43. The number of piperazine rings is 1. The van der Waals surface area contributed by atoms with Gasteiger partial charge in [-0.2, -0.15) is 0 Å². The van der Waals surface area contributed by atoms with Gasteiger partial charge in [0.05, 0.1) is 17.5 Å². The molecule has 1 aromatic carbocycles. The molecule has 5 heterocycles. The number of hydrogen-bond acceptors (Lipinski definition) is 4. The topological polar surface area (TPSA) is 80.9 Å². The van der Waals surface area contributed by atoms with Crippen molar-refractivity contribution in [2.45, 2.75) is 31.8 Å². The Morgan fingerprint density at radius 1 is 1.17 bits per heavy atom. The number of H-pyrrole nitrogens is 2. The summed E-state index contributed by atoms with van der Waals surface area (Å²) in [5, 5.41) is 1.73. The summed E-state index contributed by atoms with van der Waals surface area (Å²) in [6.45, 7) is 3.21. The van der Waals surface area contributed by atoms with E-state index in [9.17, 15) is 9.18 Å². The van der Waals surface area contributed by atoms with Crippen LogP contribution in [0.1, 0.15) is 28.9 Å². The molecule has 7 nitrogen and oxygen atoms in total. The van der Waals surface area contributed by atoms with E-state index in [0.717, 1.165) is 53.7 Å². The number of aryl methyl sites for hydroxylation is 1. The fourth-order valence-electron chi connectivity index (χ4n) is 5.03. The standard InChI is InChI=1S/C22H21FN6O/c1-12-6-18-13(7-17(12)23)8-19(27-18)22(30)29-14-2-3-15(29)10-28(9-14)21-16-4-5-24-20(16)25-11-26-21/h4-8,11,14-15,27H,2-3,9-10H2,1H3,(H,24,25,26)/t14-,15+. The highest BCUT2D eigenvalue weighted by atomic mass is 19.1. The Morgan fingerprint density at radius 3 is 2.77 bits per heavy atom. The lowest BCUT2D eigenvalue weighted by atomic mass is 10.1. The van der Waals surface area contributed by atoms with Crippen LogP contribution in [0.2, 0.25) is 0 Å². The first kappa shape index (κ1) is 17.4. The lowest BCUT2D eigenvalue weighted by molar-refractivity contribution is 0.0636. The molecule has 152 valence electrons. The number of halogens is 1. The summed E-state index contributed by atoms with van der Waals surface area (Å²) in [7, 11) is 0. The molecule has 2 N–H and O–H groups in total. The van der Waals surface area contributed by atoms with E-state index >= 15 is 0 Å². The molecular formula is C22H21FN6O. The Morgan fingerprint density at radius 2 is 1.97 bits per heavy atom. The van der Waals surface area contributed by atoms with Crippen molar-refractivity contribution in [2.24, 2.45) is 0 Å². The van der Waals surface area contributed by atoms with Crippen LogP contribution in [0.5, 0.6) is 0 Å². The van der Waals surface area contributed by atoms with Crippen LogP contribution >= 0.6 is 0 Å². The molecule has 0 spiro atoms. The number of carbonyl (C=O) groups is 1. The molecule has 0 radical (unpaired) electrons. The van der Waals surface area contributed by atoms with Crippen LogP contribution in [-0.4, -0.2) is 55.9 Å².